The lowest BCUT2D eigenvalue weighted by Gasteiger charge is -2.35. The molecule has 0 bridgehead atoms. The molecule has 3 aromatic carbocycles. The van der Waals surface area contributed by atoms with Gasteiger partial charge in [0.05, 0.1) is 23.6 Å². The maximum atomic E-state index is 14.6. The van der Waals surface area contributed by atoms with Crippen molar-refractivity contribution in [2.45, 2.75) is 82.9 Å². The first kappa shape index (κ1) is 39.7. The lowest BCUT2D eigenvalue weighted by atomic mass is 9.98. The largest absolute Gasteiger partial charge is 0.491 e. The summed E-state index contributed by atoms with van der Waals surface area (Å²) in [6.45, 7) is 11.8. The number of alkyl halides is 3. The van der Waals surface area contributed by atoms with Crippen LogP contribution < -0.4 is 30.6 Å². The van der Waals surface area contributed by atoms with Gasteiger partial charge in [-0.3, -0.25) is 4.79 Å². The molecule has 0 saturated heterocycles. The molecule has 1 heterocycles. The molecule has 0 saturated carbocycles. The summed E-state index contributed by atoms with van der Waals surface area (Å²) in [6.07, 6.45) is -4.41. The molecule has 0 radical (unpaired) electrons. The van der Waals surface area contributed by atoms with Crippen LogP contribution in [0, 0.1) is 0 Å². The predicted molar refractivity (Wildman–Crippen MR) is 190 cm³/mol. The summed E-state index contributed by atoms with van der Waals surface area (Å²) in [6, 6.07) is 14.6. The lowest BCUT2D eigenvalue weighted by molar-refractivity contribution is -0.213. The average Bonchev–Trinajstić information content (AvgIpc) is 3.03. The number of benzene rings is 3. The number of amides is 1. The smallest absolute Gasteiger partial charge is 0.490 e. The number of nitrogen functional groups attached to an aromatic ring is 1. The van der Waals surface area contributed by atoms with Gasteiger partial charge in [-0.1, -0.05) is 12.1 Å². The molecule has 1 amide bonds. The first-order chi connectivity index (χ1) is 24.1. The standard InChI is InChI=1S/C36H42F3N5O7S/c1-8-49-30-20-25(12-15-29(30)50-21(2)3)35(51-33(46)36(37,38)39,43-26-13-14-28-24(18-26)16-17-41-31(28)40)32(45)42-22(4)23-10-9-11-27(19-23)52(47,48)44-34(5,6)7/h9-22,43-44H,8H2,1-7H3,(H2,40,41)(H,42,45). The van der Waals surface area contributed by atoms with Crippen LogP contribution in [0.15, 0.2) is 77.8 Å². The zero-order valence-corrected chi connectivity index (χ0v) is 30.5. The van der Waals surface area contributed by atoms with Crippen molar-refractivity contribution >= 4 is 44.2 Å². The molecule has 0 aliphatic heterocycles. The second-order valence-corrected chi connectivity index (χ2v) is 14.9. The summed E-state index contributed by atoms with van der Waals surface area (Å²) >= 11 is 0. The van der Waals surface area contributed by atoms with Crippen LogP contribution in [0.5, 0.6) is 11.5 Å². The number of hydrogen-bond acceptors (Lipinski definition) is 10. The van der Waals surface area contributed by atoms with Gasteiger partial charge in [-0.15, -0.1) is 0 Å². The topological polar surface area (TPSA) is 171 Å². The number of nitrogens with one attached hydrogen (secondary N) is 3. The molecule has 2 atom stereocenters. The molecule has 12 nitrogen and oxygen atoms in total. The van der Waals surface area contributed by atoms with Crippen LogP contribution in [-0.4, -0.2) is 49.7 Å². The number of nitrogens with two attached hydrogens (primary N) is 1. The molecule has 4 aromatic rings. The first-order valence-corrected chi connectivity index (χ1v) is 17.7. The molecule has 280 valence electrons. The van der Waals surface area contributed by atoms with E-state index < -0.39 is 45.4 Å². The monoisotopic (exact) mass is 745 g/mol. The Bertz CT molecular complexity index is 2050. The Morgan fingerprint density at radius 2 is 1.65 bits per heavy atom. The summed E-state index contributed by atoms with van der Waals surface area (Å²) in [5.74, 6) is -3.42. The molecule has 4 rings (SSSR count). The van der Waals surface area contributed by atoms with Crippen LogP contribution in [0.2, 0.25) is 0 Å². The fourth-order valence-electron chi connectivity index (χ4n) is 5.21. The minimum atomic E-state index is -5.52. The number of nitrogens with zero attached hydrogens (tertiary/aromatic N) is 1. The predicted octanol–water partition coefficient (Wildman–Crippen LogP) is 6.33. The third-order valence-corrected chi connectivity index (χ3v) is 9.14. The van der Waals surface area contributed by atoms with E-state index in [1.54, 1.807) is 53.7 Å². The van der Waals surface area contributed by atoms with E-state index in [4.69, 9.17) is 19.9 Å². The van der Waals surface area contributed by atoms with E-state index in [0.29, 0.717) is 10.8 Å². The van der Waals surface area contributed by atoms with Gasteiger partial charge < -0.3 is 30.6 Å². The molecule has 0 aliphatic rings. The van der Waals surface area contributed by atoms with Gasteiger partial charge in [0.1, 0.15) is 5.82 Å². The van der Waals surface area contributed by atoms with E-state index in [1.807, 2.05) is 0 Å². The third kappa shape index (κ3) is 9.41. The average molecular weight is 746 g/mol. The maximum absolute atomic E-state index is 14.6. The number of sulfonamides is 1. The Morgan fingerprint density at radius 3 is 2.29 bits per heavy atom. The zero-order chi connectivity index (χ0) is 38.6. The van der Waals surface area contributed by atoms with Crippen molar-refractivity contribution in [2.75, 3.05) is 17.7 Å². The van der Waals surface area contributed by atoms with Crippen molar-refractivity contribution in [2.24, 2.45) is 0 Å². The van der Waals surface area contributed by atoms with E-state index in [1.165, 1.54) is 67.7 Å². The molecule has 1 aromatic heterocycles. The fraction of sp³-hybridized carbons (Fsp3) is 0.361. The highest BCUT2D eigenvalue weighted by atomic mass is 32.2. The van der Waals surface area contributed by atoms with Crippen LogP contribution in [0.1, 0.15) is 65.6 Å². The van der Waals surface area contributed by atoms with Crippen molar-refractivity contribution < 1.29 is 45.4 Å². The summed E-state index contributed by atoms with van der Waals surface area (Å²) < 4.78 is 87.5. The van der Waals surface area contributed by atoms with Crippen molar-refractivity contribution in [1.82, 2.24) is 15.0 Å². The molecule has 2 unspecified atom stereocenters. The number of rotatable bonds is 13. The second kappa shape index (κ2) is 15.3. The van der Waals surface area contributed by atoms with Crippen LogP contribution in [-0.2, 0) is 30.1 Å². The number of anilines is 2. The number of hydrogen-bond donors (Lipinski definition) is 4. The fourth-order valence-corrected chi connectivity index (χ4v) is 6.68. The number of carbonyl (C=O) groups excluding carboxylic acids is 2. The van der Waals surface area contributed by atoms with Gasteiger partial charge in [0.2, 0.25) is 10.0 Å². The van der Waals surface area contributed by atoms with Gasteiger partial charge >= 0.3 is 12.1 Å². The summed E-state index contributed by atoms with van der Waals surface area (Å²) in [5, 5.41) is 6.41. The van der Waals surface area contributed by atoms with E-state index in [0.717, 1.165) is 0 Å². The van der Waals surface area contributed by atoms with Crippen LogP contribution >= 0.6 is 0 Å². The van der Waals surface area contributed by atoms with Gasteiger partial charge in [0.25, 0.3) is 11.6 Å². The van der Waals surface area contributed by atoms with E-state index in [-0.39, 0.29) is 51.7 Å². The maximum Gasteiger partial charge on any atom is 0.491 e. The van der Waals surface area contributed by atoms with Crippen molar-refractivity contribution in [3.63, 3.8) is 0 Å². The third-order valence-electron chi connectivity index (χ3n) is 7.38. The van der Waals surface area contributed by atoms with Crippen LogP contribution in [0.25, 0.3) is 10.8 Å². The molecule has 0 fully saturated rings. The number of aromatic nitrogens is 1. The van der Waals surface area contributed by atoms with Crippen molar-refractivity contribution in [3.8, 4) is 11.5 Å². The molecule has 0 spiro atoms. The number of pyridine rings is 1. The minimum Gasteiger partial charge on any atom is -0.490 e. The first-order valence-electron chi connectivity index (χ1n) is 16.3. The normalized spacial score (nSPS) is 14.0. The highest BCUT2D eigenvalue weighted by molar-refractivity contribution is 7.89. The SMILES string of the molecule is CCOc1cc(C(Nc2ccc3c(N)nccc3c2)(OC(=O)C(F)(F)F)C(=O)NC(C)c2cccc(S(=O)(=O)NC(C)(C)C)c2)ccc1OC(C)C. The number of carbonyl (C=O) groups is 2. The number of esters is 1. The van der Waals surface area contributed by atoms with Gasteiger partial charge in [-0.25, -0.2) is 22.9 Å². The quantitative estimate of drug-likeness (QED) is 0.0896. The second-order valence-electron chi connectivity index (χ2n) is 13.2. The Hall–Kier alpha value is -5.09. The lowest BCUT2D eigenvalue weighted by Crippen LogP contribution is -2.55. The zero-order valence-electron chi connectivity index (χ0n) is 29.7. The molecular formula is C36H42F3N5O7S. The molecule has 5 N–H and O–H groups in total. The van der Waals surface area contributed by atoms with Crippen LogP contribution in [0.3, 0.4) is 0 Å². The van der Waals surface area contributed by atoms with Crippen molar-refractivity contribution in [1.29, 1.82) is 0 Å². The molecule has 16 heteroatoms. The summed E-state index contributed by atoms with van der Waals surface area (Å²) in [4.78, 5) is 31.2. The number of fused-ring (bicyclic) bond motifs is 1. The number of halogens is 3. The Labute approximate surface area is 300 Å². The highest BCUT2D eigenvalue weighted by Crippen LogP contribution is 2.39. The van der Waals surface area contributed by atoms with Gasteiger partial charge in [0.15, 0.2) is 11.5 Å². The van der Waals surface area contributed by atoms with E-state index >= 15 is 0 Å². The molecule has 52 heavy (non-hydrogen) atoms. The van der Waals surface area contributed by atoms with Gasteiger partial charge in [-0.2, -0.15) is 13.2 Å². The Kier molecular flexibility index (Phi) is 11.6. The van der Waals surface area contributed by atoms with Gasteiger partial charge in [-0.05, 0) is 114 Å². The van der Waals surface area contributed by atoms with E-state index in [2.05, 4.69) is 20.3 Å². The van der Waals surface area contributed by atoms with Crippen LogP contribution in [0.4, 0.5) is 24.7 Å². The van der Waals surface area contributed by atoms with Crippen molar-refractivity contribution in [3.05, 3.63) is 84.1 Å². The minimum absolute atomic E-state index is 0.0606. The summed E-state index contributed by atoms with van der Waals surface area (Å²) in [5.41, 5.74) is 2.40. The molecule has 0 aliphatic carbocycles. The van der Waals surface area contributed by atoms with Gasteiger partial charge in [0, 0.05) is 28.4 Å². The number of ether oxygens (including phenoxy) is 3. The molecular weight excluding hydrogens is 703 g/mol. The van der Waals surface area contributed by atoms with E-state index in [9.17, 15) is 31.2 Å². The highest BCUT2D eigenvalue weighted by Gasteiger charge is 2.52. The Balaban J connectivity index is 1.91. The summed E-state index contributed by atoms with van der Waals surface area (Å²) in [7, 11) is -4.00. The Morgan fingerprint density at radius 1 is 0.942 bits per heavy atom.